The summed E-state index contributed by atoms with van der Waals surface area (Å²) in [6.45, 7) is 2.59. The van der Waals surface area contributed by atoms with Gasteiger partial charge < -0.3 is 24.8 Å². The van der Waals surface area contributed by atoms with Crippen molar-refractivity contribution in [1.29, 1.82) is 0 Å². The lowest BCUT2D eigenvalue weighted by molar-refractivity contribution is -0.152. The minimum Gasteiger partial charge on any atom is -0.460 e. The van der Waals surface area contributed by atoms with Gasteiger partial charge in [0.15, 0.2) is 17.0 Å². The van der Waals surface area contributed by atoms with E-state index in [9.17, 15) is 19.8 Å². The molecule has 0 radical (unpaired) electrons. The zero-order chi connectivity index (χ0) is 17.4. The van der Waals surface area contributed by atoms with Gasteiger partial charge in [-0.15, -0.1) is 0 Å². The molecule has 2 heterocycles. The number of nitrogens with one attached hydrogen (secondary N) is 1. The van der Waals surface area contributed by atoms with Crippen molar-refractivity contribution < 1.29 is 24.5 Å². The Hall–Kier alpha value is -2.59. The molecule has 1 amide bonds. The largest absolute Gasteiger partial charge is 0.460 e. The summed E-state index contributed by atoms with van der Waals surface area (Å²) in [5.41, 5.74) is 0.763. The fourth-order valence-corrected chi connectivity index (χ4v) is 2.93. The first kappa shape index (κ1) is 16.3. The lowest BCUT2D eigenvalue weighted by atomic mass is 10.2. The molecule has 1 saturated carbocycles. The summed E-state index contributed by atoms with van der Waals surface area (Å²) < 4.78 is 6.62. The SMILES string of the molecule is CC(=O)Nc1ncnc2c1ncn2C1CC(OC(C)=O)C(O)C1O. The van der Waals surface area contributed by atoms with Crippen LogP contribution in [0.5, 0.6) is 0 Å². The number of aliphatic hydroxyl groups is 2. The lowest BCUT2D eigenvalue weighted by Gasteiger charge is -2.17. The molecule has 0 saturated heterocycles. The van der Waals surface area contributed by atoms with Gasteiger partial charge in [0.2, 0.25) is 5.91 Å². The van der Waals surface area contributed by atoms with Crippen LogP contribution in [0.25, 0.3) is 11.2 Å². The highest BCUT2D eigenvalue weighted by atomic mass is 16.6. The van der Waals surface area contributed by atoms with Gasteiger partial charge in [-0.2, -0.15) is 0 Å². The molecule has 4 atom stereocenters. The van der Waals surface area contributed by atoms with Crippen molar-refractivity contribution in [3.8, 4) is 0 Å². The average Bonchev–Trinajstić information content (AvgIpc) is 3.04. The number of aliphatic hydroxyl groups excluding tert-OH is 2. The van der Waals surface area contributed by atoms with E-state index in [1.54, 1.807) is 4.57 Å². The van der Waals surface area contributed by atoms with E-state index in [4.69, 9.17) is 4.74 Å². The Morgan fingerprint density at radius 1 is 1.25 bits per heavy atom. The van der Waals surface area contributed by atoms with Crippen LogP contribution >= 0.6 is 0 Å². The summed E-state index contributed by atoms with van der Waals surface area (Å²) in [4.78, 5) is 34.6. The summed E-state index contributed by atoms with van der Waals surface area (Å²) in [7, 11) is 0. The Kier molecular flexibility index (Phi) is 4.16. The van der Waals surface area contributed by atoms with Gasteiger partial charge in [-0.05, 0) is 0 Å². The maximum Gasteiger partial charge on any atom is 0.302 e. The van der Waals surface area contributed by atoms with E-state index in [1.807, 2.05) is 0 Å². The minimum absolute atomic E-state index is 0.215. The number of aromatic nitrogens is 4. The normalized spacial score (nSPS) is 26.5. The molecule has 10 nitrogen and oxygen atoms in total. The summed E-state index contributed by atoms with van der Waals surface area (Å²) >= 11 is 0. The third-order valence-electron chi connectivity index (χ3n) is 3.93. The molecule has 10 heteroatoms. The first-order chi connectivity index (χ1) is 11.4. The predicted molar refractivity (Wildman–Crippen MR) is 80.8 cm³/mol. The first-order valence-electron chi connectivity index (χ1n) is 7.37. The van der Waals surface area contributed by atoms with Crippen LogP contribution in [0.4, 0.5) is 5.82 Å². The smallest absolute Gasteiger partial charge is 0.302 e. The summed E-state index contributed by atoms with van der Waals surface area (Å²) in [5, 5.41) is 22.9. The van der Waals surface area contributed by atoms with Gasteiger partial charge in [0.25, 0.3) is 0 Å². The van der Waals surface area contributed by atoms with Crippen LogP contribution in [0, 0.1) is 0 Å². The van der Waals surface area contributed by atoms with E-state index in [-0.39, 0.29) is 18.1 Å². The molecule has 24 heavy (non-hydrogen) atoms. The second kappa shape index (κ2) is 6.13. The molecule has 1 aliphatic carbocycles. The Balaban J connectivity index is 1.95. The third kappa shape index (κ3) is 2.81. The van der Waals surface area contributed by atoms with E-state index in [2.05, 4.69) is 20.3 Å². The van der Waals surface area contributed by atoms with E-state index in [1.165, 1.54) is 26.5 Å². The quantitative estimate of drug-likeness (QED) is 0.631. The molecule has 1 aliphatic rings. The number of anilines is 1. The predicted octanol–water partition coefficient (Wildman–Crippen LogP) is -0.617. The third-order valence-corrected chi connectivity index (χ3v) is 3.93. The number of nitrogens with zero attached hydrogens (tertiary/aromatic N) is 4. The van der Waals surface area contributed by atoms with Crippen LogP contribution in [0.3, 0.4) is 0 Å². The fraction of sp³-hybridized carbons (Fsp3) is 0.500. The number of ether oxygens (including phenoxy) is 1. The van der Waals surface area contributed by atoms with Gasteiger partial charge >= 0.3 is 5.97 Å². The molecule has 3 rings (SSSR count). The van der Waals surface area contributed by atoms with Crippen LogP contribution in [0.2, 0.25) is 0 Å². The molecule has 4 unspecified atom stereocenters. The van der Waals surface area contributed by atoms with E-state index in [0.29, 0.717) is 11.2 Å². The van der Waals surface area contributed by atoms with E-state index in [0.717, 1.165) is 0 Å². The second-order valence-electron chi connectivity index (χ2n) is 5.66. The zero-order valence-corrected chi connectivity index (χ0v) is 13.1. The van der Waals surface area contributed by atoms with Crippen LogP contribution in [0.1, 0.15) is 26.3 Å². The highest BCUT2D eigenvalue weighted by molar-refractivity contribution is 5.95. The van der Waals surface area contributed by atoms with Crippen molar-refractivity contribution in [3.63, 3.8) is 0 Å². The second-order valence-corrected chi connectivity index (χ2v) is 5.66. The molecule has 1 fully saturated rings. The van der Waals surface area contributed by atoms with Gasteiger partial charge in [0.1, 0.15) is 24.6 Å². The van der Waals surface area contributed by atoms with Gasteiger partial charge in [-0.3, -0.25) is 9.59 Å². The zero-order valence-electron chi connectivity index (χ0n) is 13.1. The summed E-state index contributed by atoms with van der Waals surface area (Å²) in [6.07, 6.45) is -0.225. The van der Waals surface area contributed by atoms with E-state index >= 15 is 0 Å². The number of carbonyl (C=O) groups is 2. The van der Waals surface area contributed by atoms with Crippen molar-refractivity contribution in [1.82, 2.24) is 19.5 Å². The van der Waals surface area contributed by atoms with Gasteiger partial charge in [-0.25, -0.2) is 15.0 Å². The molecular weight excluding hydrogens is 318 g/mol. The molecule has 0 aromatic carbocycles. The Morgan fingerprint density at radius 2 is 2.00 bits per heavy atom. The van der Waals surface area contributed by atoms with Gasteiger partial charge in [-0.1, -0.05) is 0 Å². The number of amides is 1. The Morgan fingerprint density at radius 3 is 2.67 bits per heavy atom. The number of hydrogen-bond donors (Lipinski definition) is 3. The number of imidazole rings is 1. The Labute approximate surface area is 136 Å². The summed E-state index contributed by atoms with van der Waals surface area (Å²) in [5.74, 6) is -0.565. The van der Waals surface area contributed by atoms with Crippen LogP contribution in [-0.4, -0.2) is 59.9 Å². The number of carbonyl (C=O) groups excluding carboxylic acids is 2. The van der Waals surface area contributed by atoms with Crippen LogP contribution in [-0.2, 0) is 14.3 Å². The highest BCUT2D eigenvalue weighted by Gasteiger charge is 2.45. The lowest BCUT2D eigenvalue weighted by Crippen LogP contribution is -2.33. The molecule has 0 aliphatic heterocycles. The average molecular weight is 335 g/mol. The molecule has 3 N–H and O–H groups in total. The highest BCUT2D eigenvalue weighted by Crippen LogP contribution is 2.35. The molecule has 2 aromatic rings. The van der Waals surface area contributed by atoms with Crippen molar-refractivity contribution in [3.05, 3.63) is 12.7 Å². The molecule has 0 bridgehead atoms. The minimum atomic E-state index is -1.20. The molecule has 0 spiro atoms. The number of hydrogen-bond acceptors (Lipinski definition) is 8. The molecular formula is C14H17N5O5. The topological polar surface area (TPSA) is 139 Å². The van der Waals surface area contributed by atoms with Crippen LogP contribution in [0.15, 0.2) is 12.7 Å². The van der Waals surface area contributed by atoms with E-state index < -0.39 is 30.3 Å². The van der Waals surface area contributed by atoms with Crippen molar-refractivity contribution in [2.75, 3.05) is 5.32 Å². The van der Waals surface area contributed by atoms with Gasteiger partial charge in [0.05, 0.1) is 12.4 Å². The fourth-order valence-electron chi connectivity index (χ4n) is 2.93. The number of rotatable bonds is 3. The first-order valence-corrected chi connectivity index (χ1v) is 7.37. The van der Waals surface area contributed by atoms with Crippen molar-refractivity contribution in [2.45, 2.75) is 44.6 Å². The van der Waals surface area contributed by atoms with Crippen molar-refractivity contribution >= 4 is 28.9 Å². The molecule has 2 aromatic heterocycles. The van der Waals surface area contributed by atoms with Crippen LogP contribution < -0.4 is 5.32 Å². The molecule has 128 valence electrons. The Bertz CT molecular complexity index is 791. The maximum absolute atomic E-state index is 11.2. The van der Waals surface area contributed by atoms with Gasteiger partial charge in [0, 0.05) is 20.3 Å². The standard InChI is InChI=1S/C14H17N5O5/c1-6(20)18-13-10-14(16-4-15-13)19(5-17-10)8-3-9(24-7(2)21)12(23)11(8)22/h4-5,8-9,11-12,22-23H,3H2,1-2H3,(H,15,16,18,20). The van der Waals surface area contributed by atoms with Crippen molar-refractivity contribution in [2.24, 2.45) is 0 Å². The summed E-state index contributed by atoms with van der Waals surface area (Å²) in [6, 6.07) is -0.575. The number of esters is 1. The maximum atomic E-state index is 11.2. The monoisotopic (exact) mass is 335 g/mol. The number of fused-ring (bicyclic) bond motifs is 1.